The van der Waals surface area contributed by atoms with Gasteiger partial charge in [0.25, 0.3) is 5.91 Å². The van der Waals surface area contributed by atoms with Gasteiger partial charge in [0.1, 0.15) is 0 Å². The average Bonchev–Trinajstić information content (AvgIpc) is 2.97. The molecule has 5 nitrogen and oxygen atoms in total. The number of hydrogen-bond acceptors (Lipinski definition) is 4. The maximum absolute atomic E-state index is 13.0. The van der Waals surface area contributed by atoms with Crippen molar-refractivity contribution in [3.63, 3.8) is 0 Å². The van der Waals surface area contributed by atoms with Gasteiger partial charge in [-0.3, -0.25) is 4.79 Å². The van der Waals surface area contributed by atoms with E-state index in [4.69, 9.17) is 9.47 Å². The Kier molecular flexibility index (Phi) is 7.59. The summed E-state index contributed by atoms with van der Waals surface area (Å²) >= 11 is 0. The molecule has 1 aromatic carbocycles. The molecule has 146 valence electrons. The van der Waals surface area contributed by atoms with Gasteiger partial charge in [0.2, 0.25) is 0 Å². The number of rotatable bonds is 7. The van der Waals surface area contributed by atoms with E-state index in [9.17, 15) is 4.79 Å². The molecule has 1 amide bonds. The van der Waals surface area contributed by atoms with E-state index < -0.39 is 0 Å². The molecule has 2 fully saturated rings. The molecule has 2 bridgehead atoms. The molecule has 1 N–H and O–H groups in total. The third-order valence-electron chi connectivity index (χ3n) is 5.27. The zero-order valence-corrected chi connectivity index (χ0v) is 16.8. The number of nitrogens with zero attached hydrogens (tertiary/aromatic N) is 1. The molecule has 6 heteroatoms. The van der Waals surface area contributed by atoms with Crippen LogP contribution in [-0.4, -0.2) is 49.2 Å². The van der Waals surface area contributed by atoms with Crippen LogP contribution in [0.1, 0.15) is 56.3 Å². The Labute approximate surface area is 162 Å². The van der Waals surface area contributed by atoms with Crippen LogP contribution in [0.4, 0.5) is 0 Å². The van der Waals surface area contributed by atoms with Gasteiger partial charge in [-0.05, 0) is 57.2 Å². The number of halogens is 1. The highest BCUT2D eigenvalue weighted by Crippen LogP contribution is 2.32. The lowest BCUT2D eigenvalue weighted by Gasteiger charge is -2.35. The Morgan fingerprint density at radius 2 is 1.85 bits per heavy atom. The van der Waals surface area contributed by atoms with E-state index in [1.165, 1.54) is 12.8 Å². The zero-order valence-electron chi connectivity index (χ0n) is 16.0. The van der Waals surface area contributed by atoms with Crippen LogP contribution in [0.2, 0.25) is 0 Å². The molecule has 3 rings (SSSR count). The van der Waals surface area contributed by atoms with E-state index in [2.05, 4.69) is 12.2 Å². The Morgan fingerprint density at radius 3 is 2.46 bits per heavy atom. The van der Waals surface area contributed by atoms with Crippen molar-refractivity contribution in [2.24, 2.45) is 0 Å². The summed E-state index contributed by atoms with van der Waals surface area (Å²) in [5.74, 6) is 1.43. The third-order valence-corrected chi connectivity index (χ3v) is 5.27. The minimum absolute atomic E-state index is 0. The Hall–Kier alpha value is -1.46. The summed E-state index contributed by atoms with van der Waals surface area (Å²) in [6.07, 6.45) is 5.51. The van der Waals surface area contributed by atoms with Crippen molar-refractivity contribution in [1.82, 2.24) is 10.2 Å². The van der Waals surface area contributed by atoms with Crippen LogP contribution in [0.15, 0.2) is 18.2 Å². The van der Waals surface area contributed by atoms with Crippen LogP contribution in [-0.2, 0) is 0 Å². The smallest absolute Gasteiger partial charge is 0.253 e. The topological polar surface area (TPSA) is 50.8 Å². The second kappa shape index (κ2) is 9.47. The fraction of sp³-hybridized carbons (Fsp3) is 0.650. The van der Waals surface area contributed by atoms with Crippen molar-refractivity contribution in [3.05, 3.63) is 23.8 Å². The molecule has 2 saturated heterocycles. The monoisotopic (exact) mass is 382 g/mol. The molecule has 2 heterocycles. The summed E-state index contributed by atoms with van der Waals surface area (Å²) in [5, 5.41) is 3.63. The molecule has 2 aliphatic rings. The van der Waals surface area contributed by atoms with E-state index in [-0.39, 0.29) is 18.3 Å². The van der Waals surface area contributed by atoms with Gasteiger partial charge in [-0.25, -0.2) is 0 Å². The van der Waals surface area contributed by atoms with E-state index in [1.807, 2.05) is 37.1 Å². The fourth-order valence-electron chi connectivity index (χ4n) is 3.95. The summed E-state index contributed by atoms with van der Waals surface area (Å²) in [4.78, 5) is 14.9. The van der Waals surface area contributed by atoms with Crippen molar-refractivity contribution in [2.45, 2.75) is 64.1 Å². The lowest BCUT2D eigenvalue weighted by molar-refractivity contribution is 0.0681. The highest BCUT2D eigenvalue weighted by atomic mass is 35.5. The molecule has 2 aliphatic heterocycles. The third kappa shape index (κ3) is 4.63. The van der Waals surface area contributed by atoms with Crippen LogP contribution >= 0.6 is 12.4 Å². The molecular formula is C20H31ClN2O3. The van der Waals surface area contributed by atoms with Gasteiger partial charge in [0, 0.05) is 30.7 Å². The number of carbonyl (C=O) groups is 1. The normalized spacial score (nSPS) is 23.9. The Morgan fingerprint density at radius 1 is 1.15 bits per heavy atom. The molecule has 2 atom stereocenters. The molecule has 0 aliphatic carbocycles. The summed E-state index contributed by atoms with van der Waals surface area (Å²) in [6.45, 7) is 5.20. The van der Waals surface area contributed by atoms with E-state index in [0.29, 0.717) is 48.4 Å². The molecule has 0 saturated carbocycles. The van der Waals surface area contributed by atoms with Gasteiger partial charge in [0.15, 0.2) is 11.5 Å². The van der Waals surface area contributed by atoms with Crippen molar-refractivity contribution in [1.29, 1.82) is 0 Å². The van der Waals surface area contributed by atoms with Crippen LogP contribution < -0.4 is 14.8 Å². The molecule has 1 aromatic rings. The van der Waals surface area contributed by atoms with Gasteiger partial charge in [-0.2, -0.15) is 0 Å². The zero-order chi connectivity index (χ0) is 17.8. The van der Waals surface area contributed by atoms with E-state index in [1.54, 1.807) is 0 Å². The predicted octanol–water partition coefficient (Wildman–Crippen LogP) is 3.65. The van der Waals surface area contributed by atoms with Crippen molar-refractivity contribution in [3.8, 4) is 11.5 Å². The first-order valence-electron chi connectivity index (χ1n) is 9.55. The van der Waals surface area contributed by atoms with E-state index >= 15 is 0 Å². The lowest BCUT2D eigenvalue weighted by Crippen LogP contribution is -2.48. The minimum Gasteiger partial charge on any atom is -0.490 e. The minimum atomic E-state index is 0. The Bertz CT molecular complexity index is 599. The molecule has 0 spiro atoms. The predicted molar refractivity (Wildman–Crippen MR) is 106 cm³/mol. The van der Waals surface area contributed by atoms with E-state index in [0.717, 1.165) is 19.3 Å². The largest absolute Gasteiger partial charge is 0.490 e. The van der Waals surface area contributed by atoms with Crippen molar-refractivity contribution in [2.75, 3.05) is 20.3 Å². The van der Waals surface area contributed by atoms with Crippen LogP contribution in [0.25, 0.3) is 0 Å². The summed E-state index contributed by atoms with van der Waals surface area (Å²) in [5.41, 5.74) is 0.667. The standard InChI is InChI=1S/C20H30N2O3.ClH/c1-4-10-25-18-9-6-14(11-19(18)24-5-2)20(23)22(3)17-12-15-7-8-16(13-17)21-15;/h6,9,11,15-17,21H,4-5,7-8,10,12-13H2,1-3H3;1H. The van der Waals surface area contributed by atoms with Crippen molar-refractivity contribution >= 4 is 18.3 Å². The average molecular weight is 383 g/mol. The summed E-state index contributed by atoms with van der Waals surface area (Å²) < 4.78 is 11.4. The van der Waals surface area contributed by atoms with Gasteiger partial charge < -0.3 is 19.7 Å². The maximum Gasteiger partial charge on any atom is 0.253 e. The van der Waals surface area contributed by atoms with Gasteiger partial charge in [-0.1, -0.05) is 6.92 Å². The number of carbonyl (C=O) groups excluding carboxylic acids is 1. The summed E-state index contributed by atoms with van der Waals surface area (Å²) in [6, 6.07) is 6.99. The molecule has 2 unspecified atom stereocenters. The first-order valence-corrected chi connectivity index (χ1v) is 9.55. The Balaban J connectivity index is 0.00000243. The van der Waals surface area contributed by atoms with Gasteiger partial charge >= 0.3 is 0 Å². The van der Waals surface area contributed by atoms with Crippen LogP contribution in [0, 0.1) is 0 Å². The van der Waals surface area contributed by atoms with Crippen LogP contribution in [0.5, 0.6) is 11.5 Å². The quantitative estimate of drug-likeness (QED) is 0.782. The highest BCUT2D eigenvalue weighted by Gasteiger charge is 2.36. The first-order chi connectivity index (χ1) is 12.1. The maximum atomic E-state index is 13.0. The number of benzene rings is 1. The number of amides is 1. The van der Waals surface area contributed by atoms with Gasteiger partial charge in [0.05, 0.1) is 13.2 Å². The first kappa shape index (κ1) is 20.8. The lowest BCUT2D eigenvalue weighted by atomic mass is 9.98. The van der Waals surface area contributed by atoms with Crippen molar-refractivity contribution < 1.29 is 14.3 Å². The number of ether oxygens (including phenoxy) is 2. The number of nitrogens with one attached hydrogen (secondary N) is 1. The van der Waals surface area contributed by atoms with Gasteiger partial charge in [-0.15, -0.1) is 12.4 Å². The number of fused-ring (bicyclic) bond motifs is 2. The number of hydrogen-bond donors (Lipinski definition) is 1. The molecule has 26 heavy (non-hydrogen) atoms. The van der Waals surface area contributed by atoms with Crippen LogP contribution in [0.3, 0.4) is 0 Å². The second-order valence-electron chi connectivity index (χ2n) is 7.12. The fourth-order valence-corrected chi connectivity index (χ4v) is 3.95. The molecule has 0 radical (unpaired) electrons. The molecular weight excluding hydrogens is 352 g/mol. The summed E-state index contributed by atoms with van der Waals surface area (Å²) in [7, 11) is 1.93. The SMILES string of the molecule is CCCOc1ccc(C(=O)N(C)C2CC3CCC(C2)N3)cc1OCC.Cl. The highest BCUT2D eigenvalue weighted by molar-refractivity contribution is 5.95. The second-order valence-corrected chi connectivity index (χ2v) is 7.12. The number of piperidine rings is 1. The molecule has 0 aromatic heterocycles.